The fourth-order valence-electron chi connectivity index (χ4n) is 3.46. The highest BCUT2D eigenvalue weighted by atomic mass is 14.9. The Morgan fingerprint density at radius 3 is 2.84 bits per heavy atom. The molecule has 1 atom stereocenters. The summed E-state index contributed by atoms with van der Waals surface area (Å²) < 4.78 is 0. The third-order valence-electron chi connectivity index (χ3n) is 5.09. The number of rotatable bonds is 4. The molecule has 1 aliphatic heterocycles. The zero-order valence-corrected chi connectivity index (χ0v) is 12.3. The molecule has 0 saturated heterocycles. The summed E-state index contributed by atoms with van der Waals surface area (Å²) in [6, 6.07) is 6.87. The second-order valence-corrected chi connectivity index (χ2v) is 6.29. The molecule has 1 heteroatoms. The molecule has 2 aliphatic rings. The van der Waals surface area contributed by atoms with Gasteiger partial charge in [0.25, 0.3) is 0 Å². The van der Waals surface area contributed by atoms with Crippen molar-refractivity contribution in [2.24, 2.45) is 0 Å². The highest BCUT2D eigenvalue weighted by molar-refractivity contribution is 5.61. The van der Waals surface area contributed by atoms with Crippen molar-refractivity contribution < 1.29 is 0 Å². The van der Waals surface area contributed by atoms with Gasteiger partial charge in [0.1, 0.15) is 0 Å². The molecule has 1 N–H and O–H groups in total. The highest BCUT2D eigenvalue weighted by Gasteiger charge is 2.36. The number of anilines is 1. The van der Waals surface area contributed by atoms with E-state index in [1.807, 2.05) is 0 Å². The smallest absolute Gasteiger partial charge is 0.0379 e. The Labute approximate surface area is 117 Å². The molecule has 19 heavy (non-hydrogen) atoms. The van der Waals surface area contributed by atoms with E-state index in [2.05, 4.69) is 43.4 Å². The Balaban J connectivity index is 1.79. The second kappa shape index (κ2) is 5.03. The summed E-state index contributed by atoms with van der Waals surface area (Å²) in [4.78, 5) is 0. The Morgan fingerprint density at radius 2 is 2.16 bits per heavy atom. The first kappa shape index (κ1) is 12.8. The maximum Gasteiger partial charge on any atom is 0.0379 e. The van der Waals surface area contributed by atoms with Gasteiger partial charge in [0.15, 0.2) is 0 Å². The van der Waals surface area contributed by atoms with Gasteiger partial charge in [0.2, 0.25) is 0 Å². The fourth-order valence-corrected chi connectivity index (χ4v) is 3.46. The molecule has 1 fully saturated rings. The molecule has 3 rings (SSSR count). The monoisotopic (exact) mass is 255 g/mol. The van der Waals surface area contributed by atoms with Crippen molar-refractivity contribution >= 4 is 5.69 Å². The van der Waals surface area contributed by atoms with Crippen LogP contribution in [-0.2, 0) is 5.41 Å². The largest absolute Gasteiger partial charge is 0.384 e. The molecule has 1 unspecified atom stereocenters. The Kier molecular flexibility index (Phi) is 3.38. The van der Waals surface area contributed by atoms with Crippen LogP contribution in [0, 0.1) is 6.92 Å². The minimum Gasteiger partial charge on any atom is -0.384 e. The Hall–Kier alpha value is -1.24. The van der Waals surface area contributed by atoms with Crippen molar-refractivity contribution in [1.29, 1.82) is 0 Å². The van der Waals surface area contributed by atoms with Gasteiger partial charge in [-0.3, -0.25) is 0 Å². The van der Waals surface area contributed by atoms with Gasteiger partial charge in [0, 0.05) is 17.6 Å². The third kappa shape index (κ3) is 2.31. The number of aryl methyl sites for hydroxylation is 1. The summed E-state index contributed by atoms with van der Waals surface area (Å²) in [5.74, 6) is 0. The van der Waals surface area contributed by atoms with Crippen LogP contribution in [0.1, 0.15) is 56.6 Å². The summed E-state index contributed by atoms with van der Waals surface area (Å²) in [5.41, 5.74) is 6.37. The molecule has 1 nitrogen and oxygen atoms in total. The summed E-state index contributed by atoms with van der Waals surface area (Å²) >= 11 is 0. The lowest BCUT2D eigenvalue weighted by molar-refractivity contribution is 0.420. The molecule has 1 heterocycles. The summed E-state index contributed by atoms with van der Waals surface area (Å²) in [7, 11) is 0. The lowest BCUT2D eigenvalue weighted by Crippen LogP contribution is -2.27. The SMILES string of the molecule is CCC1(CCC=C2CCC2)CNc2ccc(C)cc21. The minimum atomic E-state index is 0.363. The van der Waals surface area contributed by atoms with Gasteiger partial charge in [-0.25, -0.2) is 0 Å². The van der Waals surface area contributed by atoms with Crippen LogP contribution in [0.15, 0.2) is 29.8 Å². The van der Waals surface area contributed by atoms with Crippen LogP contribution in [0.3, 0.4) is 0 Å². The normalized spacial score (nSPS) is 24.6. The zero-order valence-electron chi connectivity index (χ0n) is 12.3. The summed E-state index contributed by atoms with van der Waals surface area (Å²) in [5, 5.41) is 3.61. The van der Waals surface area contributed by atoms with Crippen LogP contribution in [0.2, 0.25) is 0 Å². The molecule has 1 aromatic rings. The van der Waals surface area contributed by atoms with Crippen LogP contribution in [-0.4, -0.2) is 6.54 Å². The van der Waals surface area contributed by atoms with Gasteiger partial charge >= 0.3 is 0 Å². The van der Waals surface area contributed by atoms with Crippen LogP contribution >= 0.6 is 0 Å². The van der Waals surface area contributed by atoms with Crippen molar-refractivity contribution in [3.8, 4) is 0 Å². The Bertz CT molecular complexity index is 494. The first-order valence-electron chi connectivity index (χ1n) is 7.76. The molecule has 0 amide bonds. The number of benzene rings is 1. The number of allylic oxidation sites excluding steroid dienone is 2. The van der Waals surface area contributed by atoms with Crippen molar-refractivity contribution in [3.63, 3.8) is 0 Å². The van der Waals surface area contributed by atoms with Crippen molar-refractivity contribution in [3.05, 3.63) is 41.0 Å². The maximum absolute atomic E-state index is 3.61. The van der Waals surface area contributed by atoms with E-state index in [1.54, 1.807) is 11.1 Å². The predicted octanol–water partition coefficient (Wildman–Crippen LogP) is 4.96. The number of fused-ring (bicyclic) bond motifs is 1. The van der Waals surface area contributed by atoms with E-state index < -0.39 is 0 Å². The van der Waals surface area contributed by atoms with Crippen LogP contribution in [0.4, 0.5) is 5.69 Å². The van der Waals surface area contributed by atoms with E-state index >= 15 is 0 Å². The molecule has 0 radical (unpaired) electrons. The predicted molar refractivity (Wildman–Crippen MR) is 82.8 cm³/mol. The number of hydrogen-bond acceptors (Lipinski definition) is 1. The number of nitrogens with one attached hydrogen (secondary N) is 1. The van der Waals surface area contributed by atoms with Gasteiger partial charge in [-0.15, -0.1) is 0 Å². The van der Waals surface area contributed by atoms with E-state index in [0.29, 0.717) is 5.41 Å². The van der Waals surface area contributed by atoms with Crippen LogP contribution in [0.25, 0.3) is 0 Å². The van der Waals surface area contributed by atoms with Gasteiger partial charge < -0.3 is 5.32 Å². The molecule has 0 bridgehead atoms. The van der Waals surface area contributed by atoms with E-state index in [1.165, 1.54) is 49.8 Å². The topological polar surface area (TPSA) is 12.0 Å². The second-order valence-electron chi connectivity index (χ2n) is 6.29. The van der Waals surface area contributed by atoms with Crippen molar-refractivity contribution in [1.82, 2.24) is 0 Å². The molecular weight excluding hydrogens is 230 g/mol. The average Bonchev–Trinajstić information content (AvgIpc) is 2.72. The van der Waals surface area contributed by atoms with Crippen molar-refractivity contribution in [2.45, 2.75) is 57.8 Å². The Morgan fingerprint density at radius 1 is 1.32 bits per heavy atom. The summed E-state index contributed by atoms with van der Waals surface area (Å²) in [6.45, 7) is 5.66. The zero-order chi connectivity index (χ0) is 13.3. The van der Waals surface area contributed by atoms with Gasteiger partial charge in [-0.05, 0) is 57.1 Å². The first-order valence-corrected chi connectivity index (χ1v) is 7.76. The molecule has 102 valence electrons. The molecular formula is C18H25N. The third-order valence-corrected chi connectivity index (χ3v) is 5.09. The van der Waals surface area contributed by atoms with E-state index in [9.17, 15) is 0 Å². The van der Waals surface area contributed by atoms with E-state index in [4.69, 9.17) is 0 Å². The van der Waals surface area contributed by atoms with Crippen LogP contribution in [0.5, 0.6) is 0 Å². The number of hydrogen-bond donors (Lipinski definition) is 1. The fraction of sp³-hybridized carbons (Fsp3) is 0.556. The molecule has 1 saturated carbocycles. The molecule has 0 spiro atoms. The first-order chi connectivity index (χ1) is 9.23. The van der Waals surface area contributed by atoms with E-state index in [-0.39, 0.29) is 0 Å². The molecule has 0 aromatic heterocycles. The quantitative estimate of drug-likeness (QED) is 0.750. The minimum absolute atomic E-state index is 0.363. The molecule has 1 aromatic carbocycles. The maximum atomic E-state index is 3.61. The lowest BCUT2D eigenvalue weighted by Gasteiger charge is -2.28. The standard InChI is InChI=1S/C18H25N/c1-3-18(11-5-8-15-6-4-7-15)13-19-17-10-9-14(2)12-16(17)18/h8-10,12,19H,3-7,11,13H2,1-2H3. The highest BCUT2D eigenvalue weighted by Crippen LogP contribution is 2.43. The van der Waals surface area contributed by atoms with Crippen molar-refractivity contribution in [2.75, 3.05) is 11.9 Å². The molecule has 1 aliphatic carbocycles. The van der Waals surface area contributed by atoms with E-state index in [0.717, 1.165) is 6.54 Å². The lowest BCUT2D eigenvalue weighted by atomic mass is 9.75. The average molecular weight is 255 g/mol. The van der Waals surface area contributed by atoms with Crippen LogP contribution < -0.4 is 5.32 Å². The summed E-state index contributed by atoms with van der Waals surface area (Å²) in [6.07, 6.45) is 10.4. The van der Waals surface area contributed by atoms with Gasteiger partial charge in [-0.1, -0.05) is 36.3 Å². The van der Waals surface area contributed by atoms with Gasteiger partial charge in [-0.2, -0.15) is 0 Å². The van der Waals surface area contributed by atoms with Gasteiger partial charge in [0.05, 0.1) is 0 Å².